The minimum Gasteiger partial charge on any atom is -0.0320 e. The topological polar surface area (TPSA) is 0 Å². The van der Waals surface area contributed by atoms with Gasteiger partial charge < -0.3 is 0 Å². The van der Waals surface area contributed by atoms with Gasteiger partial charge in [0.25, 0.3) is 4.36 Å². The van der Waals surface area contributed by atoms with Crippen molar-refractivity contribution < 1.29 is 0 Å². The molecule has 1 unspecified atom stereocenters. The number of halogens is 1. The van der Waals surface area contributed by atoms with Gasteiger partial charge in [0, 0.05) is 0 Å². The molecule has 0 aromatic carbocycles. The van der Waals surface area contributed by atoms with E-state index < -0.39 is 14.5 Å². The molecule has 0 saturated carbocycles. The summed E-state index contributed by atoms with van der Waals surface area (Å²) in [6, 6.07) is 0. The standard InChI is InChI=1S/C15H27ClP2/c1-11-4-5-12(2)17(11)8-9-18-13(3)6-7-14(18)10-15(17,18)16/h11-14H,4-10H2,1-3H3/q+2/t11-,12-,13-,14+,15+,18?/m1/s1. The second kappa shape index (κ2) is 3.67. The summed E-state index contributed by atoms with van der Waals surface area (Å²) in [7, 11) is -1.62. The van der Waals surface area contributed by atoms with Gasteiger partial charge >= 0.3 is 0 Å². The first-order valence-electron chi connectivity index (χ1n) is 7.93. The van der Waals surface area contributed by atoms with Gasteiger partial charge in [0.05, 0.1) is 55.9 Å². The monoisotopic (exact) mass is 304 g/mol. The van der Waals surface area contributed by atoms with Gasteiger partial charge in [-0.3, -0.25) is 0 Å². The van der Waals surface area contributed by atoms with Crippen molar-refractivity contribution >= 4 is 26.1 Å². The minimum absolute atomic E-state index is 0.399. The molecule has 0 amide bonds. The number of fused-ring (bicyclic) bond motifs is 1. The summed E-state index contributed by atoms with van der Waals surface area (Å²) in [5.41, 5.74) is 4.13. The van der Waals surface area contributed by atoms with Gasteiger partial charge in [-0.1, -0.05) is 0 Å². The third-order valence-electron chi connectivity index (χ3n) is 7.54. The molecule has 4 aliphatic heterocycles. The summed E-state index contributed by atoms with van der Waals surface area (Å²) in [4.78, 5) is 0. The van der Waals surface area contributed by atoms with E-state index in [0.29, 0.717) is 4.36 Å². The first-order chi connectivity index (χ1) is 8.49. The fraction of sp³-hybridized carbons (Fsp3) is 1.00. The summed E-state index contributed by atoms with van der Waals surface area (Å²) in [5.74, 6) is 0. The molecule has 0 N–H and O–H groups in total. The van der Waals surface area contributed by atoms with Crippen molar-refractivity contribution in [1.29, 1.82) is 0 Å². The van der Waals surface area contributed by atoms with E-state index in [1.165, 1.54) is 32.1 Å². The van der Waals surface area contributed by atoms with Gasteiger partial charge in [0.15, 0.2) is 0 Å². The van der Waals surface area contributed by atoms with Gasteiger partial charge in [0.1, 0.15) is 0 Å². The lowest BCUT2D eigenvalue weighted by Crippen LogP contribution is -2.46. The zero-order chi connectivity index (χ0) is 12.8. The summed E-state index contributed by atoms with van der Waals surface area (Å²) >= 11 is 7.54. The maximum atomic E-state index is 7.54. The molecule has 0 radical (unpaired) electrons. The van der Waals surface area contributed by atoms with Crippen LogP contribution in [0.25, 0.3) is 0 Å². The molecule has 0 aromatic heterocycles. The molecule has 0 aromatic rings. The minimum atomic E-state index is -0.854. The number of hydrogen-bond donors (Lipinski definition) is 0. The number of rotatable bonds is 0. The smallest absolute Gasteiger partial charge is 0.0320 e. The zero-order valence-electron chi connectivity index (χ0n) is 12.0. The molecule has 18 heavy (non-hydrogen) atoms. The van der Waals surface area contributed by atoms with Crippen LogP contribution in [0.2, 0.25) is 0 Å². The number of alkyl halides is 1. The molecule has 0 aliphatic carbocycles. The van der Waals surface area contributed by atoms with E-state index >= 15 is 0 Å². The first-order valence-corrected chi connectivity index (χ1v) is 12.5. The molecular weight excluding hydrogens is 278 g/mol. The quantitative estimate of drug-likeness (QED) is 0.412. The Morgan fingerprint density at radius 3 is 1.94 bits per heavy atom. The van der Waals surface area contributed by atoms with E-state index in [2.05, 4.69) is 20.8 Å². The highest BCUT2D eigenvalue weighted by Gasteiger charge is 2.92. The van der Waals surface area contributed by atoms with Gasteiger partial charge in [0.2, 0.25) is 0 Å². The third-order valence-corrected chi connectivity index (χ3v) is 24.3. The van der Waals surface area contributed by atoms with Crippen LogP contribution in [-0.4, -0.2) is 39.3 Å². The Hall–Kier alpha value is 1.15. The molecule has 6 atom stereocenters. The van der Waals surface area contributed by atoms with Crippen molar-refractivity contribution in [3.8, 4) is 0 Å². The highest BCUT2D eigenvalue weighted by molar-refractivity contribution is 8.02. The highest BCUT2D eigenvalue weighted by Crippen LogP contribution is 3.08. The van der Waals surface area contributed by atoms with Crippen LogP contribution in [-0.2, 0) is 0 Å². The number of hydrogen-bond acceptors (Lipinski definition) is 0. The Bertz CT molecular complexity index is 380. The molecule has 4 saturated heterocycles. The molecule has 4 heterocycles. The van der Waals surface area contributed by atoms with E-state index in [0.717, 1.165) is 22.6 Å². The van der Waals surface area contributed by atoms with Crippen molar-refractivity contribution in [2.75, 3.05) is 12.3 Å². The van der Waals surface area contributed by atoms with E-state index in [-0.39, 0.29) is 0 Å². The SMILES string of the molecule is C[C@@H]1CC[C@H]2C[C@@]3(Cl)[P+]21CC[P+]31[C@H](C)CC[C@H]1C. The second-order valence-corrected chi connectivity index (χ2v) is 18.6. The van der Waals surface area contributed by atoms with E-state index in [9.17, 15) is 0 Å². The van der Waals surface area contributed by atoms with Gasteiger partial charge in [-0.2, -0.15) is 0 Å². The van der Waals surface area contributed by atoms with E-state index in [1.54, 1.807) is 12.3 Å². The highest BCUT2D eigenvalue weighted by atomic mass is 35.5. The molecule has 4 aliphatic rings. The molecule has 4 rings (SSSR count). The fourth-order valence-corrected chi connectivity index (χ4v) is 28.1. The van der Waals surface area contributed by atoms with Crippen molar-refractivity contribution in [1.82, 2.24) is 0 Å². The van der Waals surface area contributed by atoms with E-state index in [4.69, 9.17) is 11.6 Å². The van der Waals surface area contributed by atoms with Crippen molar-refractivity contribution in [3.05, 3.63) is 0 Å². The van der Waals surface area contributed by atoms with Crippen LogP contribution >= 0.6 is 26.1 Å². The Morgan fingerprint density at radius 2 is 1.33 bits per heavy atom. The predicted octanol–water partition coefficient (Wildman–Crippen LogP) is 5.45. The maximum absolute atomic E-state index is 7.54. The van der Waals surface area contributed by atoms with Crippen molar-refractivity contribution in [3.63, 3.8) is 0 Å². The van der Waals surface area contributed by atoms with Crippen LogP contribution in [0, 0.1) is 0 Å². The van der Waals surface area contributed by atoms with Gasteiger partial charge in [-0.05, 0) is 58.1 Å². The lowest BCUT2D eigenvalue weighted by molar-refractivity contribution is 0.666. The van der Waals surface area contributed by atoms with Crippen LogP contribution in [0.15, 0.2) is 0 Å². The van der Waals surface area contributed by atoms with Crippen molar-refractivity contribution in [2.24, 2.45) is 0 Å². The third kappa shape index (κ3) is 1.05. The maximum Gasteiger partial charge on any atom is 0.253 e. The Balaban J connectivity index is 1.83. The lowest BCUT2D eigenvalue weighted by Gasteiger charge is -2.52. The predicted molar refractivity (Wildman–Crippen MR) is 87.4 cm³/mol. The normalized spacial score (nSPS) is 60.7. The van der Waals surface area contributed by atoms with E-state index in [1.807, 2.05) is 0 Å². The molecule has 102 valence electrons. The van der Waals surface area contributed by atoms with Crippen LogP contribution in [0.4, 0.5) is 0 Å². The van der Waals surface area contributed by atoms with Crippen LogP contribution < -0.4 is 0 Å². The Morgan fingerprint density at radius 1 is 0.833 bits per heavy atom. The molecular formula is C15H27ClP2+2. The average Bonchev–Trinajstić information content (AvgIpc) is 2.83. The summed E-state index contributed by atoms with van der Waals surface area (Å²) in [5, 5.41) is 0. The van der Waals surface area contributed by atoms with Gasteiger partial charge in [-0.15, -0.1) is 0 Å². The molecule has 3 heteroatoms. The van der Waals surface area contributed by atoms with Crippen molar-refractivity contribution in [2.45, 2.75) is 79.9 Å². The zero-order valence-corrected chi connectivity index (χ0v) is 14.6. The molecule has 2 spiro atoms. The second-order valence-electron chi connectivity index (χ2n) is 7.59. The van der Waals surface area contributed by atoms with Crippen LogP contribution in [0.3, 0.4) is 0 Å². The summed E-state index contributed by atoms with van der Waals surface area (Å²) in [6.07, 6.45) is 10.7. The van der Waals surface area contributed by atoms with Crippen LogP contribution in [0.1, 0.15) is 52.9 Å². The molecule has 0 bridgehead atoms. The summed E-state index contributed by atoms with van der Waals surface area (Å²) < 4.78 is 0.399. The van der Waals surface area contributed by atoms with Gasteiger partial charge in [-0.25, -0.2) is 0 Å². The Labute approximate surface area is 118 Å². The molecule has 4 fully saturated rings. The first kappa shape index (κ1) is 12.9. The Kier molecular flexibility index (Phi) is 2.62. The lowest BCUT2D eigenvalue weighted by atomic mass is 10.2. The largest absolute Gasteiger partial charge is 0.253 e. The summed E-state index contributed by atoms with van der Waals surface area (Å²) in [6.45, 7) is 7.70. The average molecular weight is 305 g/mol. The fourth-order valence-electron chi connectivity index (χ4n) is 6.58. The van der Waals surface area contributed by atoms with Crippen LogP contribution in [0.5, 0.6) is 0 Å². The molecule has 0 nitrogen and oxygen atoms in total.